The van der Waals surface area contributed by atoms with E-state index in [0.717, 1.165) is 19.2 Å². The molecule has 1 atom stereocenters. The molecule has 0 radical (unpaired) electrons. The molecular weight excluding hydrogens is 244 g/mol. The van der Waals surface area contributed by atoms with E-state index < -0.39 is 11.6 Å². The summed E-state index contributed by atoms with van der Waals surface area (Å²) in [5.74, 6) is -1.29. The van der Waals surface area contributed by atoms with E-state index in [1.54, 1.807) is 12.1 Å². The van der Waals surface area contributed by atoms with Gasteiger partial charge in [-0.25, -0.2) is 8.78 Å². The molecule has 2 aromatic rings. The molecule has 0 fully saturated rings. The second kappa shape index (κ2) is 5.10. The largest absolute Gasteiger partial charge is 0.312 e. The van der Waals surface area contributed by atoms with Crippen LogP contribution >= 0.6 is 0 Å². The van der Waals surface area contributed by atoms with Crippen molar-refractivity contribution in [1.29, 1.82) is 0 Å². The lowest BCUT2D eigenvalue weighted by atomic mass is 9.86. The Balaban J connectivity index is 1.91. The maximum Gasteiger partial charge on any atom is 0.162 e. The molecule has 1 unspecified atom stereocenters. The molecule has 0 saturated heterocycles. The molecule has 1 nitrogen and oxygen atoms in total. The van der Waals surface area contributed by atoms with Crippen LogP contribution in [-0.2, 0) is 13.0 Å². The molecule has 1 N–H and O–H groups in total. The van der Waals surface area contributed by atoms with Crippen molar-refractivity contribution in [2.75, 3.05) is 6.54 Å². The van der Waals surface area contributed by atoms with Crippen molar-refractivity contribution in [3.05, 3.63) is 70.8 Å². The van der Waals surface area contributed by atoms with Crippen LogP contribution in [0.25, 0.3) is 0 Å². The molecule has 19 heavy (non-hydrogen) atoms. The van der Waals surface area contributed by atoms with Crippen LogP contribution in [0, 0.1) is 11.6 Å². The number of hydrogen-bond donors (Lipinski definition) is 1. The molecule has 0 spiro atoms. The summed E-state index contributed by atoms with van der Waals surface area (Å²) in [5, 5.41) is 3.33. The van der Waals surface area contributed by atoms with E-state index in [-0.39, 0.29) is 5.92 Å². The summed E-state index contributed by atoms with van der Waals surface area (Å²) in [7, 11) is 0. The zero-order valence-corrected chi connectivity index (χ0v) is 10.5. The van der Waals surface area contributed by atoms with Gasteiger partial charge in [0.25, 0.3) is 0 Å². The average Bonchev–Trinajstić information content (AvgIpc) is 2.44. The summed E-state index contributed by atoms with van der Waals surface area (Å²) in [5.41, 5.74) is 2.93. The summed E-state index contributed by atoms with van der Waals surface area (Å²) in [4.78, 5) is 0. The third-order valence-electron chi connectivity index (χ3n) is 3.70. The lowest BCUT2D eigenvalue weighted by Gasteiger charge is -2.26. The van der Waals surface area contributed by atoms with Crippen molar-refractivity contribution in [3.63, 3.8) is 0 Å². The lowest BCUT2D eigenvalue weighted by Crippen LogP contribution is -2.29. The zero-order chi connectivity index (χ0) is 13.2. The molecule has 0 bridgehead atoms. The van der Waals surface area contributed by atoms with Crippen LogP contribution in [-0.4, -0.2) is 6.54 Å². The first-order valence-corrected chi connectivity index (χ1v) is 6.47. The predicted molar refractivity (Wildman–Crippen MR) is 71.0 cm³/mol. The number of halogens is 2. The highest BCUT2D eigenvalue weighted by Crippen LogP contribution is 2.28. The van der Waals surface area contributed by atoms with Gasteiger partial charge in [0.2, 0.25) is 0 Å². The Morgan fingerprint density at radius 1 is 1.05 bits per heavy atom. The van der Waals surface area contributed by atoms with Crippen LogP contribution in [0.5, 0.6) is 0 Å². The first-order chi connectivity index (χ1) is 9.25. The second-order valence-corrected chi connectivity index (χ2v) is 4.94. The zero-order valence-electron chi connectivity index (χ0n) is 10.5. The SMILES string of the molecule is Fc1cccc(CC2CNCc3ccccc32)c1F. The van der Waals surface area contributed by atoms with Crippen molar-refractivity contribution in [2.45, 2.75) is 18.9 Å². The van der Waals surface area contributed by atoms with E-state index in [0.29, 0.717) is 12.0 Å². The van der Waals surface area contributed by atoms with Gasteiger partial charge in [0.1, 0.15) is 0 Å². The van der Waals surface area contributed by atoms with Crippen LogP contribution in [0.15, 0.2) is 42.5 Å². The molecule has 98 valence electrons. The van der Waals surface area contributed by atoms with E-state index >= 15 is 0 Å². The first kappa shape index (κ1) is 12.3. The fraction of sp³-hybridized carbons (Fsp3) is 0.250. The predicted octanol–water partition coefficient (Wildman–Crippen LogP) is 3.39. The summed E-state index contributed by atoms with van der Waals surface area (Å²) in [6.45, 7) is 1.64. The Morgan fingerprint density at radius 3 is 2.79 bits per heavy atom. The molecule has 3 heteroatoms. The highest BCUT2D eigenvalue weighted by molar-refractivity contribution is 5.34. The van der Waals surface area contributed by atoms with Gasteiger partial charge in [-0.05, 0) is 29.2 Å². The third-order valence-corrected chi connectivity index (χ3v) is 3.70. The summed E-state index contributed by atoms with van der Waals surface area (Å²) >= 11 is 0. The van der Waals surface area contributed by atoms with Gasteiger partial charge < -0.3 is 5.32 Å². The quantitative estimate of drug-likeness (QED) is 0.871. The Kier molecular flexibility index (Phi) is 3.30. The number of benzene rings is 2. The van der Waals surface area contributed by atoms with Crippen LogP contribution < -0.4 is 5.32 Å². The molecular formula is C16H15F2N. The molecule has 2 aromatic carbocycles. The minimum absolute atomic E-state index is 0.196. The molecule has 1 heterocycles. The van der Waals surface area contributed by atoms with Gasteiger partial charge in [0.05, 0.1) is 0 Å². The van der Waals surface area contributed by atoms with Crippen LogP contribution in [0.2, 0.25) is 0 Å². The van der Waals surface area contributed by atoms with E-state index in [9.17, 15) is 8.78 Å². The maximum absolute atomic E-state index is 13.7. The van der Waals surface area contributed by atoms with Crippen LogP contribution in [0.4, 0.5) is 8.78 Å². The Morgan fingerprint density at radius 2 is 1.89 bits per heavy atom. The number of hydrogen-bond acceptors (Lipinski definition) is 1. The third kappa shape index (κ3) is 2.38. The molecule has 1 aliphatic rings. The molecule has 0 saturated carbocycles. The van der Waals surface area contributed by atoms with Gasteiger partial charge in [0, 0.05) is 19.0 Å². The Bertz CT molecular complexity index is 595. The fourth-order valence-corrected chi connectivity index (χ4v) is 2.74. The summed E-state index contributed by atoms with van der Waals surface area (Å²) in [6.07, 6.45) is 0.521. The van der Waals surface area contributed by atoms with Crippen molar-refractivity contribution >= 4 is 0 Å². The second-order valence-electron chi connectivity index (χ2n) is 4.94. The van der Waals surface area contributed by atoms with Gasteiger partial charge in [0.15, 0.2) is 11.6 Å². The van der Waals surface area contributed by atoms with E-state index in [4.69, 9.17) is 0 Å². The first-order valence-electron chi connectivity index (χ1n) is 6.47. The van der Waals surface area contributed by atoms with Gasteiger partial charge in [-0.15, -0.1) is 0 Å². The van der Waals surface area contributed by atoms with E-state index in [2.05, 4.69) is 17.4 Å². The molecule has 1 aliphatic heterocycles. The Hall–Kier alpha value is -1.74. The number of fused-ring (bicyclic) bond motifs is 1. The van der Waals surface area contributed by atoms with Crippen LogP contribution in [0.3, 0.4) is 0 Å². The Labute approximate surface area is 111 Å². The maximum atomic E-state index is 13.7. The minimum Gasteiger partial charge on any atom is -0.312 e. The standard InChI is InChI=1S/C16H15F2N/c17-15-7-3-5-11(16(15)18)8-13-10-19-9-12-4-1-2-6-14(12)13/h1-7,13,19H,8-10H2. The van der Waals surface area contributed by atoms with Crippen molar-refractivity contribution in [1.82, 2.24) is 5.32 Å². The minimum atomic E-state index is -0.769. The highest BCUT2D eigenvalue weighted by atomic mass is 19.2. The molecule has 0 aromatic heterocycles. The summed E-state index contributed by atoms with van der Waals surface area (Å²) < 4.78 is 27.0. The number of nitrogens with one attached hydrogen (secondary N) is 1. The summed E-state index contributed by atoms with van der Waals surface area (Å²) in [6, 6.07) is 12.6. The average molecular weight is 259 g/mol. The monoisotopic (exact) mass is 259 g/mol. The lowest BCUT2D eigenvalue weighted by molar-refractivity contribution is 0.483. The van der Waals surface area contributed by atoms with Gasteiger partial charge in [-0.3, -0.25) is 0 Å². The van der Waals surface area contributed by atoms with Gasteiger partial charge in [-0.1, -0.05) is 36.4 Å². The van der Waals surface area contributed by atoms with Gasteiger partial charge in [-0.2, -0.15) is 0 Å². The highest BCUT2D eigenvalue weighted by Gasteiger charge is 2.21. The van der Waals surface area contributed by atoms with Gasteiger partial charge >= 0.3 is 0 Å². The normalized spacial score (nSPS) is 18.1. The fourth-order valence-electron chi connectivity index (χ4n) is 2.74. The number of rotatable bonds is 2. The topological polar surface area (TPSA) is 12.0 Å². The molecule has 0 amide bonds. The van der Waals surface area contributed by atoms with Crippen molar-refractivity contribution in [3.8, 4) is 0 Å². The molecule has 3 rings (SSSR count). The van der Waals surface area contributed by atoms with Crippen LogP contribution in [0.1, 0.15) is 22.6 Å². The van der Waals surface area contributed by atoms with E-state index in [1.165, 1.54) is 11.1 Å². The van der Waals surface area contributed by atoms with Crippen molar-refractivity contribution < 1.29 is 8.78 Å². The van der Waals surface area contributed by atoms with Crippen molar-refractivity contribution in [2.24, 2.45) is 0 Å². The molecule has 0 aliphatic carbocycles. The smallest absolute Gasteiger partial charge is 0.162 e. The van der Waals surface area contributed by atoms with E-state index in [1.807, 2.05) is 12.1 Å².